The van der Waals surface area contributed by atoms with Gasteiger partial charge in [-0.15, -0.1) is 0 Å². The van der Waals surface area contributed by atoms with E-state index < -0.39 is 5.91 Å². The molecule has 2 aromatic carbocycles. The normalized spacial score (nSPS) is 10.8. The molecule has 2 aromatic heterocycles. The van der Waals surface area contributed by atoms with Crippen LogP contribution in [0.4, 0.5) is 0 Å². The minimum atomic E-state index is -0.588. The fourth-order valence-electron chi connectivity index (χ4n) is 2.84. The Morgan fingerprint density at radius 2 is 1.85 bits per heavy atom. The van der Waals surface area contributed by atoms with Crippen molar-refractivity contribution < 1.29 is 9.53 Å². The van der Waals surface area contributed by atoms with Crippen molar-refractivity contribution in [2.24, 2.45) is 5.73 Å². The Morgan fingerprint density at radius 1 is 1.08 bits per heavy atom. The molecule has 6 heteroatoms. The number of hydrogen-bond acceptors (Lipinski definition) is 4. The Morgan fingerprint density at radius 3 is 2.62 bits per heavy atom. The second-order valence-corrected chi connectivity index (χ2v) is 6.00. The van der Waals surface area contributed by atoms with Gasteiger partial charge in [-0.25, -0.2) is 4.98 Å². The number of aryl methyl sites for hydroxylation is 1. The van der Waals surface area contributed by atoms with Gasteiger partial charge in [0.05, 0.1) is 6.20 Å². The molecule has 4 rings (SSSR count). The van der Waals surface area contributed by atoms with Crippen LogP contribution in [-0.4, -0.2) is 21.1 Å². The number of benzene rings is 2. The van der Waals surface area contributed by atoms with E-state index in [1.807, 2.05) is 55.5 Å². The molecule has 0 fully saturated rings. The molecule has 0 radical (unpaired) electrons. The van der Waals surface area contributed by atoms with Crippen molar-refractivity contribution >= 4 is 16.9 Å². The molecule has 128 valence electrons. The fourth-order valence-corrected chi connectivity index (χ4v) is 2.84. The molecular formula is C20H16N4O2. The second kappa shape index (κ2) is 6.33. The van der Waals surface area contributed by atoms with Gasteiger partial charge < -0.3 is 10.5 Å². The van der Waals surface area contributed by atoms with Crippen molar-refractivity contribution in [3.05, 3.63) is 72.1 Å². The highest BCUT2D eigenvalue weighted by molar-refractivity contribution is 5.99. The molecule has 4 aromatic rings. The molecule has 3 N–H and O–H groups in total. The van der Waals surface area contributed by atoms with E-state index in [2.05, 4.69) is 15.2 Å². The third kappa shape index (κ3) is 3.00. The number of H-pyrrole nitrogens is 1. The Balaban J connectivity index is 1.78. The topological polar surface area (TPSA) is 93.9 Å². The molecule has 0 atom stereocenters. The summed E-state index contributed by atoms with van der Waals surface area (Å²) in [5.41, 5.74) is 8.92. The molecule has 0 aliphatic rings. The van der Waals surface area contributed by atoms with Crippen molar-refractivity contribution in [3.63, 3.8) is 0 Å². The zero-order valence-electron chi connectivity index (χ0n) is 14.1. The quantitative estimate of drug-likeness (QED) is 0.588. The minimum Gasteiger partial charge on any atom is -0.457 e. The molecular weight excluding hydrogens is 328 g/mol. The van der Waals surface area contributed by atoms with Gasteiger partial charge in [0, 0.05) is 5.39 Å². The van der Waals surface area contributed by atoms with Crippen LogP contribution in [0.3, 0.4) is 0 Å². The number of carbonyl (C=O) groups excluding carboxylic acids is 1. The summed E-state index contributed by atoms with van der Waals surface area (Å²) in [6.45, 7) is 2.02. The van der Waals surface area contributed by atoms with Gasteiger partial charge in [-0.05, 0) is 53.9 Å². The number of rotatable bonds is 4. The van der Waals surface area contributed by atoms with Crippen LogP contribution in [0.25, 0.3) is 22.2 Å². The number of amides is 1. The number of hydrogen-bond donors (Lipinski definition) is 2. The van der Waals surface area contributed by atoms with Crippen molar-refractivity contribution in [1.82, 2.24) is 15.2 Å². The first-order valence-electron chi connectivity index (χ1n) is 8.09. The van der Waals surface area contributed by atoms with Crippen LogP contribution >= 0.6 is 0 Å². The molecule has 0 bridgehead atoms. The van der Waals surface area contributed by atoms with Gasteiger partial charge in [-0.2, -0.15) is 5.10 Å². The van der Waals surface area contributed by atoms with Crippen LogP contribution in [-0.2, 0) is 0 Å². The lowest BCUT2D eigenvalue weighted by Gasteiger charge is -2.10. The highest BCUT2D eigenvalue weighted by Crippen LogP contribution is 2.31. The molecule has 6 nitrogen and oxygen atoms in total. The fraction of sp³-hybridized carbons (Fsp3) is 0.0500. The average Bonchev–Trinajstić information content (AvgIpc) is 3.09. The molecule has 2 heterocycles. The first-order chi connectivity index (χ1) is 12.6. The van der Waals surface area contributed by atoms with Gasteiger partial charge in [0.2, 0.25) is 0 Å². The van der Waals surface area contributed by atoms with Crippen LogP contribution < -0.4 is 10.5 Å². The van der Waals surface area contributed by atoms with Crippen LogP contribution in [0, 0.1) is 6.92 Å². The predicted octanol–water partition coefficient (Wildman–Crippen LogP) is 3.82. The van der Waals surface area contributed by atoms with E-state index >= 15 is 0 Å². The summed E-state index contributed by atoms with van der Waals surface area (Å²) in [5, 5.41) is 7.61. The lowest BCUT2D eigenvalue weighted by Crippen LogP contribution is -2.13. The molecule has 0 saturated carbocycles. The van der Waals surface area contributed by atoms with E-state index in [1.54, 1.807) is 12.3 Å². The van der Waals surface area contributed by atoms with Crippen molar-refractivity contribution in [2.45, 2.75) is 6.92 Å². The molecule has 0 spiro atoms. The number of primary amides is 1. The van der Waals surface area contributed by atoms with Crippen molar-refractivity contribution in [2.75, 3.05) is 0 Å². The molecule has 0 aliphatic heterocycles. The molecule has 0 unspecified atom stereocenters. The standard InChI is InChI=1S/C20H16N4O2/c1-12-4-2-6-14(8-12)26-15-7-3-5-13(9-15)16-10-18(19(21)25)23-20-17(16)11-22-24-20/h2-11H,1H3,(H2,21,25)(H,22,23,24). The number of carbonyl (C=O) groups is 1. The van der Waals surface area contributed by atoms with Crippen LogP contribution in [0.2, 0.25) is 0 Å². The Hall–Kier alpha value is -3.67. The first kappa shape index (κ1) is 15.8. The number of aromatic nitrogens is 3. The third-order valence-electron chi connectivity index (χ3n) is 4.05. The lowest BCUT2D eigenvalue weighted by atomic mass is 10.0. The third-order valence-corrected chi connectivity index (χ3v) is 4.05. The number of pyridine rings is 1. The number of fused-ring (bicyclic) bond motifs is 1. The Bertz CT molecular complexity index is 1120. The van der Waals surface area contributed by atoms with E-state index in [0.29, 0.717) is 11.4 Å². The largest absolute Gasteiger partial charge is 0.457 e. The maximum Gasteiger partial charge on any atom is 0.267 e. The highest BCUT2D eigenvalue weighted by atomic mass is 16.5. The zero-order chi connectivity index (χ0) is 18.1. The summed E-state index contributed by atoms with van der Waals surface area (Å²) in [6.07, 6.45) is 1.68. The average molecular weight is 344 g/mol. The maximum absolute atomic E-state index is 11.6. The zero-order valence-corrected chi connectivity index (χ0v) is 14.1. The molecule has 0 aliphatic carbocycles. The summed E-state index contributed by atoms with van der Waals surface area (Å²) in [7, 11) is 0. The predicted molar refractivity (Wildman–Crippen MR) is 99.1 cm³/mol. The molecule has 1 amide bonds. The van der Waals surface area contributed by atoms with E-state index in [4.69, 9.17) is 10.5 Å². The monoisotopic (exact) mass is 344 g/mol. The van der Waals surface area contributed by atoms with E-state index in [0.717, 1.165) is 27.8 Å². The maximum atomic E-state index is 11.6. The van der Waals surface area contributed by atoms with Gasteiger partial charge in [-0.3, -0.25) is 9.89 Å². The number of nitrogens with zero attached hydrogens (tertiary/aromatic N) is 2. The summed E-state index contributed by atoms with van der Waals surface area (Å²) in [6, 6.07) is 17.2. The summed E-state index contributed by atoms with van der Waals surface area (Å²) < 4.78 is 5.96. The highest BCUT2D eigenvalue weighted by Gasteiger charge is 2.13. The van der Waals surface area contributed by atoms with Gasteiger partial charge in [0.15, 0.2) is 5.65 Å². The second-order valence-electron chi connectivity index (χ2n) is 6.00. The summed E-state index contributed by atoms with van der Waals surface area (Å²) in [4.78, 5) is 15.8. The smallest absolute Gasteiger partial charge is 0.267 e. The number of nitrogens with one attached hydrogen (secondary N) is 1. The Labute approximate surface area is 149 Å². The Kier molecular flexibility index (Phi) is 3.85. The van der Waals surface area contributed by atoms with E-state index in [1.165, 1.54) is 0 Å². The van der Waals surface area contributed by atoms with E-state index in [9.17, 15) is 4.79 Å². The molecule has 0 saturated heterocycles. The first-order valence-corrected chi connectivity index (χ1v) is 8.09. The number of nitrogens with two attached hydrogens (primary N) is 1. The van der Waals surface area contributed by atoms with E-state index in [-0.39, 0.29) is 5.69 Å². The SMILES string of the molecule is Cc1cccc(Oc2cccc(-c3cc(C(N)=O)nc4[nH]ncc34)c2)c1. The van der Waals surface area contributed by atoms with Crippen LogP contribution in [0.5, 0.6) is 11.5 Å². The molecule has 26 heavy (non-hydrogen) atoms. The lowest BCUT2D eigenvalue weighted by molar-refractivity contribution is 0.0996. The number of aromatic amines is 1. The summed E-state index contributed by atoms with van der Waals surface area (Å²) >= 11 is 0. The van der Waals surface area contributed by atoms with Crippen LogP contribution in [0.1, 0.15) is 16.1 Å². The van der Waals surface area contributed by atoms with Crippen molar-refractivity contribution in [1.29, 1.82) is 0 Å². The van der Waals surface area contributed by atoms with Gasteiger partial charge >= 0.3 is 0 Å². The van der Waals surface area contributed by atoms with Crippen LogP contribution in [0.15, 0.2) is 60.8 Å². The van der Waals surface area contributed by atoms with Crippen molar-refractivity contribution in [3.8, 4) is 22.6 Å². The summed E-state index contributed by atoms with van der Waals surface area (Å²) in [5.74, 6) is 0.875. The van der Waals surface area contributed by atoms with Gasteiger partial charge in [0.25, 0.3) is 5.91 Å². The minimum absolute atomic E-state index is 0.182. The number of ether oxygens (including phenoxy) is 1. The van der Waals surface area contributed by atoms with Gasteiger partial charge in [0.1, 0.15) is 17.2 Å². The van der Waals surface area contributed by atoms with Gasteiger partial charge in [-0.1, -0.05) is 24.3 Å².